The first-order valence-electron chi connectivity index (χ1n) is 4.71. The molecule has 1 saturated heterocycles. The third kappa shape index (κ3) is 1.74. The number of ether oxygens (including phenoxy) is 3. The largest absolute Gasteiger partial charge is 0.496 e. The van der Waals surface area contributed by atoms with Crippen LogP contribution in [0.1, 0.15) is 18.8 Å². The van der Waals surface area contributed by atoms with Gasteiger partial charge in [-0.1, -0.05) is 18.2 Å². The van der Waals surface area contributed by atoms with Crippen molar-refractivity contribution in [3.05, 3.63) is 29.8 Å². The Bertz CT molecular complexity index is 311. The normalized spacial score (nSPS) is 26.4. The van der Waals surface area contributed by atoms with Crippen molar-refractivity contribution in [3.8, 4) is 5.75 Å². The lowest BCUT2D eigenvalue weighted by Crippen LogP contribution is -2.03. The molecule has 1 heterocycles. The Morgan fingerprint density at radius 1 is 1.36 bits per heavy atom. The first-order chi connectivity index (χ1) is 6.81. The Balaban J connectivity index is 2.22. The fourth-order valence-corrected chi connectivity index (χ4v) is 1.54. The van der Waals surface area contributed by atoms with Gasteiger partial charge in [-0.3, -0.25) is 0 Å². The van der Waals surface area contributed by atoms with E-state index in [2.05, 4.69) is 0 Å². The van der Waals surface area contributed by atoms with Crippen LogP contribution in [-0.4, -0.2) is 19.8 Å². The molecule has 0 radical (unpaired) electrons. The van der Waals surface area contributed by atoms with Gasteiger partial charge in [-0.25, -0.2) is 0 Å². The lowest BCUT2D eigenvalue weighted by molar-refractivity contribution is -0.0584. The Morgan fingerprint density at radius 2 is 2.14 bits per heavy atom. The summed E-state index contributed by atoms with van der Waals surface area (Å²) in [7, 11) is 1.65. The molecule has 2 atom stereocenters. The average molecular weight is 194 g/mol. The lowest BCUT2D eigenvalue weighted by Gasteiger charge is -2.13. The first kappa shape index (κ1) is 9.49. The van der Waals surface area contributed by atoms with Gasteiger partial charge in [0.2, 0.25) is 0 Å². The molecule has 0 saturated carbocycles. The number of hydrogen-bond donors (Lipinski definition) is 0. The SMILES string of the molecule is COc1ccccc1[C@@H]1OC[C@@H](C)O1. The van der Waals surface area contributed by atoms with Gasteiger partial charge in [0.25, 0.3) is 0 Å². The molecule has 1 aliphatic rings. The van der Waals surface area contributed by atoms with Crippen molar-refractivity contribution >= 4 is 0 Å². The third-order valence-electron chi connectivity index (χ3n) is 2.23. The molecule has 1 fully saturated rings. The highest BCUT2D eigenvalue weighted by atomic mass is 16.7. The molecule has 0 spiro atoms. The molecule has 0 unspecified atom stereocenters. The van der Waals surface area contributed by atoms with Gasteiger partial charge < -0.3 is 14.2 Å². The fraction of sp³-hybridized carbons (Fsp3) is 0.455. The van der Waals surface area contributed by atoms with Crippen LogP contribution >= 0.6 is 0 Å². The molecule has 0 aromatic heterocycles. The number of methoxy groups -OCH3 is 1. The van der Waals surface area contributed by atoms with Crippen molar-refractivity contribution in [2.75, 3.05) is 13.7 Å². The van der Waals surface area contributed by atoms with Gasteiger partial charge in [-0.15, -0.1) is 0 Å². The molecule has 3 heteroatoms. The predicted molar refractivity (Wildman–Crippen MR) is 52.2 cm³/mol. The summed E-state index contributed by atoms with van der Waals surface area (Å²) in [6.45, 7) is 2.64. The van der Waals surface area contributed by atoms with Crippen LogP contribution in [0.5, 0.6) is 5.75 Å². The zero-order chi connectivity index (χ0) is 9.97. The summed E-state index contributed by atoms with van der Waals surface area (Å²) in [5.41, 5.74) is 0.958. The topological polar surface area (TPSA) is 27.7 Å². The van der Waals surface area contributed by atoms with Gasteiger partial charge in [0.15, 0.2) is 6.29 Å². The van der Waals surface area contributed by atoms with E-state index in [9.17, 15) is 0 Å². The molecule has 0 amide bonds. The van der Waals surface area contributed by atoms with E-state index in [0.29, 0.717) is 6.61 Å². The number of benzene rings is 1. The number of rotatable bonds is 2. The Labute approximate surface area is 83.6 Å². The summed E-state index contributed by atoms with van der Waals surface area (Å²) in [6.07, 6.45) is -0.119. The van der Waals surface area contributed by atoms with E-state index in [1.54, 1.807) is 7.11 Å². The van der Waals surface area contributed by atoms with Crippen LogP contribution < -0.4 is 4.74 Å². The highest BCUT2D eigenvalue weighted by molar-refractivity contribution is 5.34. The number of para-hydroxylation sites is 1. The minimum absolute atomic E-state index is 0.157. The van der Waals surface area contributed by atoms with E-state index < -0.39 is 0 Å². The highest BCUT2D eigenvalue weighted by Gasteiger charge is 2.26. The van der Waals surface area contributed by atoms with Crippen molar-refractivity contribution in [1.29, 1.82) is 0 Å². The molecule has 3 nitrogen and oxygen atoms in total. The minimum Gasteiger partial charge on any atom is -0.496 e. The molecule has 2 rings (SSSR count). The molecule has 1 aromatic rings. The zero-order valence-corrected chi connectivity index (χ0v) is 8.40. The van der Waals surface area contributed by atoms with Crippen molar-refractivity contribution < 1.29 is 14.2 Å². The van der Waals surface area contributed by atoms with Crippen LogP contribution in [0.4, 0.5) is 0 Å². The van der Waals surface area contributed by atoms with Crippen LogP contribution in [0.25, 0.3) is 0 Å². The van der Waals surface area contributed by atoms with E-state index in [1.165, 1.54) is 0 Å². The first-order valence-corrected chi connectivity index (χ1v) is 4.71. The maximum Gasteiger partial charge on any atom is 0.187 e. The maximum absolute atomic E-state index is 5.59. The van der Waals surface area contributed by atoms with E-state index in [4.69, 9.17) is 14.2 Å². The van der Waals surface area contributed by atoms with E-state index in [-0.39, 0.29) is 12.4 Å². The van der Waals surface area contributed by atoms with Crippen LogP contribution in [0, 0.1) is 0 Å². The molecular formula is C11H14O3. The quantitative estimate of drug-likeness (QED) is 0.721. The van der Waals surface area contributed by atoms with Crippen LogP contribution in [0.15, 0.2) is 24.3 Å². The van der Waals surface area contributed by atoms with E-state index in [0.717, 1.165) is 11.3 Å². The van der Waals surface area contributed by atoms with Crippen LogP contribution in [0.2, 0.25) is 0 Å². The van der Waals surface area contributed by atoms with Crippen molar-refractivity contribution in [1.82, 2.24) is 0 Å². The van der Waals surface area contributed by atoms with E-state index >= 15 is 0 Å². The Kier molecular flexibility index (Phi) is 2.70. The maximum atomic E-state index is 5.59. The molecule has 76 valence electrons. The monoisotopic (exact) mass is 194 g/mol. The fourth-order valence-electron chi connectivity index (χ4n) is 1.54. The van der Waals surface area contributed by atoms with Gasteiger partial charge in [0.05, 0.1) is 19.8 Å². The van der Waals surface area contributed by atoms with Gasteiger partial charge >= 0.3 is 0 Å². The Hall–Kier alpha value is -1.06. The molecule has 1 aromatic carbocycles. The predicted octanol–water partition coefficient (Wildman–Crippen LogP) is 2.13. The van der Waals surface area contributed by atoms with Gasteiger partial charge in [0, 0.05) is 5.56 Å². The molecule has 0 N–H and O–H groups in total. The second-order valence-corrected chi connectivity index (χ2v) is 3.35. The summed E-state index contributed by atoms with van der Waals surface area (Å²) >= 11 is 0. The van der Waals surface area contributed by atoms with Crippen molar-refractivity contribution in [2.24, 2.45) is 0 Å². The molecule has 0 bridgehead atoms. The third-order valence-corrected chi connectivity index (χ3v) is 2.23. The minimum atomic E-state index is -0.277. The molecule has 0 aliphatic carbocycles. The van der Waals surface area contributed by atoms with Gasteiger partial charge in [-0.2, -0.15) is 0 Å². The number of hydrogen-bond acceptors (Lipinski definition) is 3. The summed E-state index contributed by atoms with van der Waals surface area (Å²) in [5.74, 6) is 0.812. The van der Waals surface area contributed by atoms with Crippen LogP contribution in [0.3, 0.4) is 0 Å². The van der Waals surface area contributed by atoms with Gasteiger partial charge in [-0.05, 0) is 13.0 Å². The van der Waals surface area contributed by atoms with Crippen molar-refractivity contribution in [3.63, 3.8) is 0 Å². The Morgan fingerprint density at radius 3 is 2.79 bits per heavy atom. The average Bonchev–Trinajstić information content (AvgIpc) is 2.65. The summed E-state index contributed by atoms with van der Waals surface area (Å²) in [5, 5.41) is 0. The molecular weight excluding hydrogens is 180 g/mol. The lowest BCUT2D eigenvalue weighted by atomic mass is 10.2. The second kappa shape index (κ2) is 3.98. The zero-order valence-electron chi connectivity index (χ0n) is 8.40. The molecule has 14 heavy (non-hydrogen) atoms. The standard InChI is InChI=1S/C11H14O3/c1-8-7-13-11(14-8)9-5-3-4-6-10(9)12-2/h3-6,8,11H,7H2,1-2H3/t8-,11-/m1/s1. The summed E-state index contributed by atoms with van der Waals surface area (Å²) < 4.78 is 16.3. The summed E-state index contributed by atoms with van der Waals surface area (Å²) in [6, 6.07) is 7.75. The molecule has 1 aliphatic heterocycles. The van der Waals surface area contributed by atoms with Crippen LogP contribution in [-0.2, 0) is 9.47 Å². The van der Waals surface area contributed by atoms with Gasteiger partial charge in [0.1, 0.15) is 5.75 Å². The smallest absolute Gasteiger partial charge is 0.187 e. The van der Waals surface area contributed by atoms with E-state index in [1.807, 2.05) is 31.2 Å². The second-order valence-electron chi connectivity index (χ2n) is 3.35. The van der Waals surface area contributed by atoms with Crippen molar-refractivity contribution in [2.45, 2.75) is 19.3 Å². The highest BCUT2D eigenvalue weighted by Crippen LogP contribution is 2.32. The summed E-state index contributed by atoms with van der Waals surface area (Å²) in [4.78, 5) is 0.